The van der Waals surface area contributed by atoms with E-state index in [1.54, 1.807) is 0 Å². The first kappa shape index (κ1) is 16.3. The fraction of sp³-hybridized carbons (Fsp3) is 0.143. The molecule has 22 heavy (non-hydrogen) atoms. The summed E-state index contributed by atoms with van der Waals surface area (Å²) in [5, 5.41) is 0. The van der Waals surface area contributed by atoms with Gasteiger partial charge >= 0.3 is 0 Å². The first-order valence-electron chi connectivity index (χ1n) is 6.11. The third-order valence-electron chi connectivity index (χ3n) is 3.25. The largest absolute Gasteiger partial charge is 0.491 e. The maximum absolute atomic E-state index is 14.0. The van der Waals surface area contributed by atoms with Gasteiger partial charge in [0.05, 0.1) is 7.11 Å². The Morgan fingerprint density at radius 1 is 0.773 bits per heavy atom. The van der Waals surface area contributed by atoms with Crippen LogP contribution in [0.2, 0.25) is 0 Å². The Labute approximate surface area is 122 Å². The lowest BCUT2D eigenvalue weighted by Crippen LogP contribution is -2.38. The standard InChI is InChI=1S/C14H9BF6O/c1-5-3-4-6(16)7(9(5)17)15-8-10(18)12(20)13(21)14(22-2)11(8)19/h3-4,15H,1-2H3. The number of hydrogen-bond donors (Lipinski definition) is 0. The topological polar surface area (TPSA) is 9.23 Å². The molecule has 0 bridgehead atoms. The molecule has 1 nitrogen and oxygen atoms in total. The maximum atomic E-state index is 14.0. The average Bonchev–Trinajstić information content (AvgIpc) is 2.49. The smallest absolute Gasteiger partial charge is 0.208 e. The molecule has 0 atom stereocenters. The summed E-state index contributed by atoms with van der Waals surface area (Å²) in [6, 6.07) is 2.06. The Bertz CT molecular complexity index is 747. The SMILES string of the molecule is COc1c(F)c(F)c(F)c(Bc2c(F)ccc(C)c2F)c1F. The Morgan fingerprint density at radius 3 is 2.00 bits per heavy atom. The van der Waals surface area contributed by atoms with Gasteiger partial charge in [0.15, 0.2) is 23.2 Å². The molecule has 0 N–H and O–H groups in total. The van der Waals surface area contributed by atoms with E-state index < -0.39 is 58.9 Å². The molecule has 0 aliphatic heterocycles. The van der Waals surface area contributed by atoms with Gasteiger partial charge in [-0.3, -0.25) is 0 Å². The lowest BCUT2D eigenvalue weighted by molar-refractivity contribution is 0.338. The molecule has 0 saturated carbocycles. The van der Waals surface area contributed by atoms with Gasteiger partial charge in [0.2, 0.25) is 13.1 Å². The van der Waals surface area contributed by atoms with E-state index in [4.69, 9.17) is 0 Å². The molecular formula is C14H9BF6O. The van der Waals surface area contributed by atoms with Crippen molar-refractivity contribution in [3.05, 3.63) is 52.6 Å². The van der Waals surface area contributed by atoms with Crippen molar-refractivity contribution in [2.24, 2.45) is 0 Å². The van der Waals surface area contributed by atoms with E-state index in [1.807, 2.05) is 0 Å². The van der Waals surface area contributed by atoms with Crippen LogP contribution >= 0.6 is 0 Å². The van der Waals surface area contributed by atoms with Crippen LogP contribution in [0.4, 0.5) is 26.3 Å². The highest BCUT2D eigenvalue weighted by Crippen LogP contribution is 2.24. The first-order chi connectivity index (χ1) is 10.3. The van der Waals surface area contributed by atoms with Crippen molar-refractivity contribution in [2.75, 3.05) is 7.11 Å². The van der Waals surface area contributed by atoms with Crippen molar-refractivity contribution in [3.8, 4) is 5.75 Å². The van der Waals surface area contributed by atoms with Crippen molar-refractivity contribution in [1.29, 1.82) is 0 Å². The molecule has 0 spiro atoms. The minimum atomic E-state index is -1.97. The minimum Gasteiger partial charge on any atom is -0.491 e. The molecule has 116 valence electrons. The van der Waals surface area contributed by atoms with Gasteiger partial charge in [0, 0.05) is 0 Å². The number of methoxy groups -OCH3 is 1. The quantitative estimate of drug-likeness (QED) is 0.365. The summed E-state index contributed by atoms with van der Waals surface area (Å²) in [4.78, 5) is 0. The Hall–Kier alpha value is -2.12. The molecule has 2 aromatic rings. The number of halogens is 6. The molecular weight excluding hydrogens is 309 g/mol. The number of benzene rings is 2. The highest BCUT2D eigenvalue weighted by atomic mass is 19.2. The van der Waals surface area contributed by atoms with Crippen LogP contribution in [0.3, 0.4) is 0 Å². The summed E-state index contributed by atoms with van der Waals surface area (Å²) >= 11 is 0. The molecule has 0 saturated heterocycles. The van der Waals surface area contributed by atoms with Gasteiger partial charge in [-0.25, -0.2) is 22.0 Å². The molecule has 0 aromatic heterocycles. The van der Waals surface area contributed by atoms with Gasteiger partial charge in [-0.1, -0.05) is 6.07 Å². The van der Waals surface area contributed by atoms with Gasteiger partial charge in [-0.05, 0) is 29.5 Å². The van der Waals surface area contributed by atoms with E-state index in [2.05, 4.69) is 4.74 Å². The van der Waals surface area contributed by atoms with E-state index in [0.717, 1.165) is 19.2 Å². The highest BCUT2D eigenvalue weighted by Gasteiger charge is 2.28. The zero-order chi connectivity index (χ0) is 16.6. The van der Waals surface area contributed by atoms with Gasteiger partial charge in [-0.2, -0.15) is 4.39 Å². The molecule has 2 rings (SSSR count). The van der Waals surface area contributed by atoms with Crippen LogP contribution in [0, 0.1) is 41.8 Å². The van der Waals surface area contributed by atoms with Crippen molar-refractivity contribution in [1.82, 2.24) is 0 Å². The number of hydrogen-bond acceptors (Lipinski definition) is 1. The van der Waals surface area contributed by atoms with Crippen LogP contribution in [0.25, 0.3) is 0 Å². The molecule has 0 amide bonds. The molecule has 0 radical (unpaired) electrons. The monoisotopic (exact) mass is 318 g/mol. The molecule has 2 aromatic carbocycles. The van der Waals surface area contributed by atoms with Crippen LogP contribution in [0.5, 0.6) is 5.75 Å². The van der Waals surface area contributed by atoms with Crippen LogP contribution in [-0.4, -0.2) is 14.4 Å². The van der Waals surface area contributed by atoms with Gasteiger partial charge in [-0.15, -0.1) is 0 Å². The van der Waals surface area contributed by atoms with Crippen LogP contribution < -0.4 is 15.7 Å². The van der Waals surface area contributed by atoms with E-state index in [-0.39, 0.29) is 5.56 Å². The fourth-order valence-corrected chi connectivity index (χ4v) is 2.05. The summed E-state index contributed by atoms with van der Waals surface area (Å²) in [6.07, 6.45) is 0. The lowest BCUT2D eigenvalue weighted by Gasteiger charge is -2.12. The third-order valence-corrected chi connectivity index (χ3v) is 3.25. The van der Waals surface area contributed by atoms with Crippen molar-refractivity contribution in [2.45, 2.75) is 6.92 Å². The van der Waals surface area contributed by atoms with E-state index in [9.17, 15) is 26.3 Å². The summed E-state index contributed by atoms with van der Waals surface area (Å²) < 4.78 is 86.4. The van der Waals surface area contributed by atoms with Gasteiger partial charge < -0.3 is 4.74 Å². The zero-order valence-electron chi connectivity index (χ0n) is 11.5. The summed E-state index contributed by atoms with van der Waals surface area (Å²) in [5.41, 5.74) is -1.61. The summed E-state index contributed by atoms with van der Waals surface area (Å²) in [6.45, 7) is 1.33. The molecule has 0 aliphatic carbocycles. The first-order valence-corrected chi connectivity index (χ1v) is 6.11. The number of ether oxygens (including phenoxy) is 1. The molecule has 0 unspecified atom stereocenters. The fourth-order valence-electron chi connectivity index (χ4n) is 2.05. The summed E-state index contributed by atoms with van der Waals surface area (Å²) in [7, 11) is -0.0684. The Balaban J connectivity index is 2.65. The summed E-state index contributed by atoms with van der Waals surface area (Å²) in [5.74, 6) is -10.4. The minimum absolute atomic E-state index is 0.0479. The van der Waals surface area contributed by atoms with Crippen LogP contribution in [-0.2, 0) is 0 Å². The second-order valence-corrected chi connectivity index (χ2v) is 4.60. The number of aryl methyl sites for hydroxylation is 1. The second-order valence-electron chi connectivity index (χ2n) is 4.60. The van der Waals surface area contributed by atoms with Gasteiger partial charge in [0.1, 0.15) is 11.6 Å². The maximum Gasteiger partial charge on any atom is 0.208 e. The lowest BCUT2D eigenvalue weighted by atomic mass is 9.62. The predicted octanol–water partition coefficient (Wildman–Crippen LogP) is 2.23. The van der Waals surface area contributed by atoms with Crippen LogP contribution in [0.1, 0.15) is 5.56 Å². The van der Waals surface area contributed by atoms with E-state index in [0.29, 0.717) is 0 Å². The van der Waals surface area contributed by atoms with Crippen molar-refractivity contribution < 1.29 is 31.1 Å². The van der Waals surface area contributed by atoms with E-state index in [1.165, 1.54) is 6.92 Å². The van der Waals surface area contributed by atoms with Crippen molar-refractivity contribution in [3.63, 3.8) is 0 Å². The average molecular weight is 318 g/mol. The number of rotatable bonds is 3. The van der Waals surface area contributed by atoms with Crippen LogP contribution in [0.15, 0.2) is 12.1 Å². The molecule has 0 heterocycles. The predicted molar refractivity (Wildman–Crippen MR) is 70.3 cm³/mol. The molecule has 8 heteroatoms. The normalized spacial score (nSPS) is 10.7. The molecule has 0 fully saturated rings. The molecule has 0 aliphatic rings. The second kappa shape index (κ2) is 5.94. The van der Waals surface area contributed by atoms with Gasteiger partial charge in [0.25, 0.3) is 0 Å². The van der Waals surface area contributed by atoms with E-state index >= 15 is 0 Å². The third kappa shape index (κ3) is 2.53. The highest BCUT2D eigenvalue weighted by molar-refractivity contribution is 6.67. The Kier molecular flexibility index (Phi) is 4.39. The zero-order valence-corrected chi connectivity index (χ0v) is 11.5. The van der Waals surface area contributed by atoms with Crippen molar-refractivity contribution >= 4 is 18.2 Å². The Morgan fingerprint density at radius 2 is 1.41 bits per heavy atom.